The molecule has 1 fully saturated rings. The molecule has 0 aromatic heterocycles. The molecule has 2 aliphatic rings. The maximum atomic E-state index is 13.7. The Morgan fingerprint density at radius 3 is 2.73 bits per heavy atom. The number of ether oxygens (including phenoxy) is 1. The third kappa shape index (κ3) is 5.88. The Hall–Kier alpha value is -2.28. The Bertz CT molecular complexity index is 804. The minimum Gasteiger partial charge on any atom is -0.444 e. The van der Waals surface area contributed by atoms with Crippen molar-refractivity contribution in [2.75, 3.05) is 25.0 Å². The Morgan fingerprint density at radius 1 is 1.27 bits per heavy atom. The Morgan fingerprint density at radius 2 is 2.03 bits per heavy atom. The number of benzene rings is 1. The van der Waals surface area contributed by atoms with Gasteiger partial charge in [-0.05, 0) is 58.2 Å². The van der Waals surface area contributed by atoms with E-state index in [4.69, 9.17) is 16.3 Å². The number of halogens is 2. The normalized spacial score (nSPS) is 22.6. The Balaban J connectivity index is 1.70. The zero-order chi connectivity index (χ0) is 21.9. The Kier molecular flexibility index (Phi) is 6.91. The lowest BCUT2D eigenvalue weighted by Crippen LogP contribution is -2.54. The number of nitrogens with zero attached hydrogens (tertiary/aromatic N) is 2. The van der Waals surface area contributed by atoms with Gasteiger partial charge in [0.25, 0.3) is 0 Å². The van der Waals surface area contributed by atoms with Crippen LogP contribution >= 0.6 is 11.6 Å². The van der Waals surface area contributed by atoms with Crippen LogP contribution in [0, 0.1) is 5.82 Å². The Labute approximate surface area is 182 Å². The summed E-state index contributed by atoms with van der Waals surface area (Å²) in [6.07, 6.45) is 5.67. The number of rotatable bonds is 3. The fourth-order valence-corrected chi connectivity index (χ4v) is 4.02. The molecule has 6 nitrogen and oxygen atoms in total. The molecule has 1 aromatic carbocycles. The molecule has 1 N–H and O–H groups in total. The van der Waals surface area contributed by atoms with Crippen LogP contribution in [0.15, 0.2) is 30.4 Å². The van der Waals surface area contributed by atoms with Crippen molar-refractivity contribution in [1.29, 1.82) is 0 Å². The molecular formula is C22H29ClFN3O3. The number of carbonyl (C=O) groups is 2. The molecule has 1 aromatic rings. The van der Waals surface area contributed by atoms with Crippen LogP contribution in [0.3, 0.4) is 0 Å². The van der Waals surface area contributed by atoms with Gasteiger partial charge >= 0.3 is 6.09 Å². The summed E-state index contributed by atoms with van der Waals surface area (Å²) in [6, 6.07) is 3.52. The molecule has 30 heavy (non-hydrogen) atoms. The summed E-state index contributed by atoms with van der Waals surface area (Å²) in [5.41, 5.74) is -0.0977. The van der Waals surface area contributed by atoms with Gasteiger partial charge in [0.1, 0.15) is 17.5 Å². The molecule has 3 rings (SSSR count). The lowest BCUT2D eigenvalue weighted by Gasteiger charge is -2.40. The van der Waals surface area contributed by atoms with Crippen molar-refractivity contribution in [1.82, 2.24) is 9.80 Å². The van der Waals surface area contributed by atoms with E-state index in [0.717, 1.165) is 12.8 Å². The topological polar surface area (TPSA) is 61.9 Å². The molecule has 2 aliphatic heterocycles. The fourth-order valence-electron chi connectivity index (χ4n) is 3.80. The van der Waals surface area contributed by atoms with E-state index in [0.29, 0.717) is 31.7 Å². The average Bonchev–Trinajstić information content (AvgIpc) is 2.82. The van der Waals surface area contributed by atoms with E-state index in [1.807, 2.05) is 32.9 Å². The third-order valence-electron chi connectivity index (χ3n) is 5.11. The fraction of sp³-hybridized carbons (Fsp3) is 0.545. The van der Waals surface area contributed by atoms with Crippen molar-refractivity contribution in [3.8, 4) is 0 Å². The van der Waals surface area contributed by atoms with Crippen molar-refractivity contribution in [2.45, 2.75) is 57.7 Å². The molecule has 1 saturated heterocycles. The SMILES string of the molecule is CC(C)(C)OC(=O)N1CCCC(N2CC=CC[C@@H](Nc3cc(F)cc(Cl)c3)C2=O)C1. The van der Waals surface area contributed by atoms with Crippen LogP contribution in [0.1, 0.15) is 40.0 Å². The number of nitrogens with one attached hydrogen (secondary N) is 1. The van der Waals surface area contributed by atoms with E-state index in [9.17, 15) is 14.0 Å². The first kappa shape index (κ1) is 22.4. The quantitative estimate of drug-likeness (QED) is 0.710. The summed E-state index contributed by atoms with van der Waals surface area (Å²) < 4.78 is 19.2. The smallest absolute Gasteiger partial charge is 0.410 e. The predicted octanol–water partition coefficient (Wildman–Crippen LogP) is 4.45. The number of piperidine rings is 1. The van der Waals surface area contributed by atoms with Crippen molar-refractivity contribution >= 4 is 29.3 Å². The van der Waals surface area contributed by atoms with Crippen LogP contribution in [0.2, 0.25) is 5.02 Å². The van der Waals surface area contributed by atoms with E-state index in [1.165, 1.54) is 12.1 Å². The molecule has 0 bridgehead atoms. The maximum Gasteiger partial charge on any atom is 0.410 e. The largest absolute Gasteiger partial charge is 0.444 e. The van der Waals surface area contributed by atoms with Gasteiger partial charge in [-0.3, -0.25) is 4.79 Å². The highest BCUT2D eigenvalue weighted by Gasteiger charge is 2.35. The number of likely N-dealkylation sites (tertiary alicyclic amines) is 1. The maximum absolute atomic E-state index is 13.7. The molecule has 1 unspecified atom stereocenters. The lowest BCUT2D eigenvalue weighted by molar-refractivity contribution is -0.134. The zero-order valence-electron chi connectivity index (χ0n) is 17.7. The summed E-state index contributed by atoms with van der Waals surface area (Å²) >= 11 is 5.94. The van der Waals surface area contributed by atoms with E-state index in [2.05, 4.69) is 5.32 Å². The summed E-state index contributed by atoms with van der Waals surface area (Å²) in [4.78, 5) is 29.3. The monoisotopic (exact) mass is 437 g/mol. The molecule has 0 saturated carbocycles. The molecule has 2 amide bonds. The summed E-state index contributed by atoms with van der Waals surface area (Å²) in [6.45, 7) is 7.05. The number of anilines is 1. The van der Waals surface area contributed by atoms with E-state index in [-0.39, 0.29) is 23.1 Å². The van der Waals surface area contributed by atoms with Crippen LogP contribution in [0.5, 0.6) is 0 Å². The highest BCUT2D eigenvalue weighted by atomic mass is 35.5. The molecule has 0 spiro atoms. The minimum absolute atomic E-state index is 0.0728. The van der Waals surface area contributed by atoms with Crippen LogP contribution in [-0.4, -0.2) is 59.1 Å². The van der Waals surface area contributed by atoms with Crippen LogP contribution < -0.4 is 5.32 Å². The second kappa shape index (κ2) is 9.25. The highest BCUT2D eigenvalue weighted by molar-refractivity contribution is 6.30. The van der Waals surface area contributed by atoms with Crippen LogP contribution in [0.4, 0.5) is 14.9 Å². The minimum atomic E-state index is -0.563. The van der Waals surface area contributed by atoms with Gasteiger partial charge in [-0.2, -0.15) is 0 Å². The predicted molar refractivity (Wildman–Crippen MR) is 115 cm³/mol. The molecule has 2 atom stereocenters. The molecule has 164 valence electrons. The van der Waals surface area contributed by atoms with Gasteiger partial charge in [0.05, 0.1) is 0 Å². The van der Waals surface area contributed by atoms with Crippen LogP contribution in [-0.2, 0) is 9.53 Å². The molecule has 8 heteroatoms. The third-order valence-corrected chi connectivity index (χ3v) is 5.33. The average molecular weight is 438 g/mol. The summed E-state index contributed by atoms with van der Waals surface area (Å²) in [5, 5.41) is 3.38. The van der Waals surface area contributed by atoms with Gasteiger partial charge in [0.2, 0.25) is 5.91 Å². The van der Waals surface area contributed by atoms with E-state index < -0.39 is 17.5 Å². The second-order valence-electron chi connectivity index (χ2n) is 8.78. The van der Waals surface area contributed by atoms with Crippen molar-refractivity contribution in [2.24, 2.45) is 0 Å². The van der Waals surface area contributed by atoms with Crippen LogP contribution in [0.25, 0.3) is 0 Å². The molecule has 0 radical (unpaired) electrons. The lowest BCUT2D eigenvalue weighted by atomic mass is 10.0. The number of hydrogen-bond acceptors (Lipinski definition) is 4. The summed E-state index contributed by atoms with van der Waals surface area (Å²) in [7, 11) is 0. The standard InChI is InChI=1S/C22H29ClFN3O3/c1-22(2,3)30-21(29)26-9-6-7-18(14-26)27-10-5-4-8-19(20(27)28)25-17-12-15(23)11-16(24)13-17/h4-5,11-13,18-19,25H,6-10,14H2,1-3H3/t18?,19-/m1/s1. The van der Waals surface area contributed by atoms with Gasteiger partial charge in [0, 0.05) is 36.4 Å². The number of hydrogen-bond donors (Lipinski definition) is 1. The first-order valence-corrected chi connectivity index (χ1v) is 10.7. The van der Waals surface area contributed by atoms with Gasteiger partial charge < -0.3 is 19.9 Å². The van der Waals surface area contributed by atoms with E-state index in [1.54, 1.807) is 15.9 Å². The summed E-state index contributed by atoms with van der Waals surface area (Å²) in [5.74, 6) is -0.532. The van der Waals surface area contributed by atoms with Crippen molar-refractivity contribution < 1.29 is 18.7 Å². The molecule has 0 aliphatic carbocycles. The van der Waals surface area contributed by atoms with Gasteiger partial charge in [-0.15, -0.1) is 0 Å². The first-order chi connectivity index (χ1) is 14.1. The van der Waals surface area contributed by atoms with E-state index >= 15 is 0 Å². The number of carbonyl (C=O) groups excluding carboxylic acids is 2. The van der Waals surface area contributed by atoms with Crippen molar-refractivity contribution in [3.05, 3.63) is 41.2 Å². The molecular weight excluding hydrogens is 409 g/mol. The van der Waals surface area contributed by atoms with Crippen molar-refractivity contribution in [3.63, 3.8) is 0 Å². The van der Waals surface area contributed by atoms with Gasteiger partial charge in [-0.1, -0.05) is 23.8 Å². The molecule has 2 heterocycles. The zero-order valence-corrected chi connectivity index (χ0v) is 18.4. The van der Waals surface area contributed by atoms with Gasteiger partial charge in [0.15, 0.2) is 0 Å². The highest BCUT2D eigenvalue weighted by Crippen LogP contribution is 2.24. The first-order valence-electron chi connectivity index (χ1n) is 10.3. The second-order valence-corrected chi connectivity index (χ2v) is 9.21. The number of amides is 2. The van der Waals surface area contributed by atoms with Gasteiger partial charge in [-0.25, -0.2) is 9.18 Å².